The number of aryl methyl sites for hydroxylation is 1. The van der Waals surface area contributed by atoms with Crippen molar-refractivity contribution in [2.75, 3.05) is 17.2 Å². The van der Waals surface area contributed by atoms with Crippen LogP contribution in [0.4, 0.5) is 17.2 Å². The molecular weight excluding hydrogens is 364 g/mol. The normalized spacial score (nSPS) is 10.7. The SMILES string of the molecule is CCOc1ccc(Nc2cc(C(=O)Nc3ccccc3C(C)C)nc(C)n2)cc1. The summed E-state index contributed by atoms with van der Waals surface area (Å²) in [6.45, 7) is 8.53. The van der Waals surface area contributed by atoms with E-state index in [1.807, 2.05) is 55.5 Å². The van der Waals surface area contributed by atoms with Crippen LogP contribution in [0.3, 0.4) is 0 Å². The molecule has 2 aromatic carbocycles. The van der Waals surface area contributed by atoms with Crippen LogP contribution in [0.5, 0.6) is 5.75 Å². The van der Waals surface area contributed by atoms with Gasteiger partial charge in [0.25, 0.3) is 5.91 Å². The number of para-hydroxylation sites is 1. The number of nitrogens with zero attached hydrogens (tertiary/aromatic N) is 2. The van der Waals surface area contributed by atoms with E-state index in [1.165, 1.54) is 0 Å². The van der Waals surface area contributed by atoms with Crippen LogP contribution in [0, 0.1) is 6.92 Å². The number of carbonyl (C=O) groups is 1. The van der Waals surface area contributed by atoms with Crippen molar-refractivity contribution < 1.29 is 9.53 Å². The number of nitrogens with one attached hydrogen (secondary N) is 2. The average Bonchev–Trinajstić information content (AvgIpc) is 2.69. The van der Waals surface area contributed by atoms with Crippen molar-refractivity contribution in [3.63, 3.8) is 0 Å². The molecule has 3 rings (SSSR count). The Labute approximate surface area is 171 Å². The molecule has 0 atom stereocenters. The Morgan fingerprint density at radius 2 is 1.79 bits per heavy atom. The summed E-state index contributed by atoms with van der Waals surface area (Å²) >= 11 is 0. The molecule has 2 N–H and O–H groups in total. The number of carbonyl (C=O) groups excluding carboxylic acids is 1. The minimum atomic E-state index is -0.265. The first-order valence-corrected chi connectivity index (χ1v) is 9.72. The first kappa shape index (κ1) is 20.3. The van der Waals surface area contributed by atoms with Gasteiger partial charge in [-0.25, -0.2) is 9.97 Å². The van der Waals surface area contributed by atoms with Crippen molar-refractivity contribution >= 4 is 23.1 Å². The Balaban J connectivity index is 1.79. The number of hydrogen-bond donors (Lipinski definition) is 2. The van der Waals surface area contributed by atoms with E-state index in [1.54, 1.807) is 13.0 Å². The van der Waals surface area contributed by atoms with Gasteiger partial charge in [-0.05, 0) is 55.7 Å². The maximum absolute atomic E-state index is 12.8. The largest absolute Gasteiger partial charge is 0.494 e. The molecule has 0 fully saturated rings. The molecule has 1 heterocycles. The van der Waals surface area contributed by atoms with E-state index in [2.05, 4.69) is 34.4 Å². The Morgan fingerprint density at radius 3 is 2.48 bits per heavy atom. The Kier molecular flexibility index (Phi) is 6.44. The molecule has 1 amide bonds. The van der Waals surface area contributed by atoms with Crippen molar-refractivity contribution in [1.29, 1.82) is 0 Å². The monoisotopic (exact) mass is 390 g/mol. The van der Waals surface area contributed by atoms with Gasteiger partial charge < -0.3 is 15.4 Å². The third-order valence-corrected chi connectivity index (χ3v) is 4.34. The first-order valence-electron chi connectivity index (χ1n) is 9.72. The van der Waals surface area contributed by atoms with Crippen LogP contribution in [0.1, 0.15) is 48.6 Å². The molecule has 0 aliphatic carbocycles. The lowest BCUT2D eigenvalue weighted by molar-refractivity contribution is 0.102. The second-order valence-electron chi connectivity index (χ2n) is 6.96. The van der Waals surface area contributed by atoms with Crippen LogP contribution < -0.4 is 15.4 Å². The molecule has 0 bridgehead atoms. The molecule has 150 valence electrons. The maximum atomic E-state index is 12.8. The highest BCUT2D eigenvalue weighted by Crippen LogP contribution is 2.24. The third-order valence-electron chi connectivity index (χ3n) is 4.34. The minimum Gasteiger partial charge on any atom is -0.494 e. The summed E-state index contributed by atoms with van der Waals surface area (Å²) < 4.78 is 5.46. The molecule has 0 saturated heterocycles. The van der Waals surface area contributed by atoms with E-state index < -0.39 is 0 Å². The topological polar surface area (TPSA) is 76.1 Å². The molecule has 6 heteroatoms. The highest BCUT2D eigenvalue weighted by molar-refractivity contribution is 6.03. The summed E-state index contributed by atoms with van der Waals surface area (Å²) in [6, 6.07) is 17.0. The lowest BCUT2D eigenvalue weighted by Crippen LogP contribution is -2.16. The summed E-state index contributed by atoms with van der Waals surface area (Å²) in [5, 5.41) is 6.19. The standard InChI is InChI=1S/C23H26N4O2/c1-5-29-18-12-10-17(11-13-18)26-22-14-21(24-16(4)25-22)23(28)27-20-9-7-6-8-19(20)15(2)3/h6-15H,5H2,1-4H3,(H,27,28)(H,24,25,26). The molecule has 0 unspecified atom stereocenters. The number of rotatable bonds is 7. The molecule has 1 aromatic heterocycles. The summed E-state index contributed by atoms with van der Waals surface area (Å²) in [6.07, 6.45) is 0. The van der Waals surface area contributed by atoms with E-state index in [4.69, 9.17) is 4.74 Å². The fourth-order valence-electron chi connectivity index (χ4n) is 3.00. The summed E-state index contributed by atoms with van der Waals surface area (Å²) in [5.74, 6) is 1.92. The molecule has 29 heavy (non-hydrogen) atoms. The zero-order valence-corrected chi connectivity index (χ0v) is 17.2. The predicted octanol–water partition coefficient (Wildman–Crippen LogP) is 5.30. The summed E-state index contributed by atoms with van der Waals surface area (Å²) in [5.41, 5.74) is 3.04. The van der Waals surface area contributed by atoms with E-state index >= 15 is 0 Å². The number of benzene rings is 2. The van der Waals surface area contributed by atoms with Gasteiger partial charge >= 0.3 is 0 Å². The minimum absolute atomic E-state index is 0.265. The molecule has 0 saturated carbocycles. The van der Waals surface area contributed by atoms with E-state index in [0.29, 0.717) is 29.9 Å². The van der Waals surface area contributed by atoms with Crippen LogP contribution in [0.25, 0.3) is 0 Å². The number of hydrogen-bond acceptors (Lipinski definition) is 5. The van der Waals surface area contributed by atoms with Crippen LogP contribution in [-0.4, -0.2) is 22.5 Å². The van der Waals surface area contributed by atoms with Gasteiger partial charge in [0.15, 0.2) is 0 Å². The zero-order valence-electron chi connectivity index (χ0n) is 17.2. The fraction of sp³-hybridized carbons (Fsp3) is 0.261. The fourth-order valence-corrected chi connectivity index (χ4v) is 3.00. The van der Waals surface area contributed by atoms with Gasteiger partial charge in [-0.3, -0.25) is 4.79 Å². The van der Waals surface area contributed by atoms with Gasteiger partial charge in [-0.1, -0.05) is 32.0 Å². The zero-order chi connectivity index (χ0) is 20.8. The summed E-state index contributed by atoms with van der Waals surface area (Å²) in [7, 11) is 0. The predicted molar refractivity (Wildman–Crippen MR) is 116 cm³/mol. The number of ether oxygens (including phenoxy) is 1. The van der Waals surface area contributed by atoms with Crippen LogP contribution >= 0.6 is 0 Å². The van der Waals surface area contributed by atoms with Crippen LogP contribution in [-0.2, 0) is 0 Å². The van der Waals surface area contributed by atoms with E-state index in [0.717, 1.165) is 22.7 Å². The average molecular weight is 390 g/mol. The second-order valence-corrected chi connectivity index (χ2v) is 6.96. The van der Waals surface area contributed by atoms with Crippen molar-refractivity contribution in [1.82, 2.24) is 9.97 Å². The van der Waals surface area contributed by atoms with Gasteiger partial charge in [0.1, 0.15) is 23.1 Å². The number of aromatic nitrogens is 2. The molecule has 0 radical (unpaired) electrons. The van der Waals surface area contributed by atoms with Crippen LogP contribution in [0.2, 0.25) is 0 Å². The molecule has 6 nitrogen and oxygen atoms in total. The van der Waals surface area contributed by atoms with Gasteiger partial charge in [-0.15, -0.1) is 0 Å². The molecule has 0 aliphatic heterocycles. The highest BCUT2D eigenvalue weighted by atomic mass is 16.5. The Hall–Kier alpha value is -3.41. The van der Waals surface area contributed by atoms with Gasteiger partial charge in [0, 0.05) is 17.4 Å². The third kappa shape index (κ3) is 5.31. The Bertz CT molecular complexity index is 984. The summed E-state index contributed by atoms with van der Waals surface area (Å²) in [4.78, 5) is 21.5. The molecule has 0 aliphatic rings. The smallest absolute Gasteiger partial charge is 0.274 e. The lowest BCUT2D eigenvalue weighted by atomic mass is 10.0. The van der Waals surface area contributed by atoms with E-state index in [9.17, 15) is 4.79 Å². The van der Waals surface area contributed by atoms with Crippen molar-refractivity contribution in [2.45, 2.75) is 33.6 Å². The van der Waals surface area contributed by atoms with Gasteiger partial charge in [0.05, 0.1) is 6.61 Å². The van der Waals surface area contributed by atoms with E-state index in [-0.39, 0.29) is 5.91 Å². The maximum Gasteiger partial charge on any atom is 0.274 e. The van der Waals surface area contributed by atoms with Crippen molar-refractivity contribution in [3.8, 4) is 5.75 Å². The van der Waals surface area contributed by atoms with Crippen molar-refractivity contribution in [2.24, 2.45) is 0 Å². The van der Waals surface area contributed by atoms with Gasteiger partial charge in [0.2, 0.25) is 0 Å². The molecular formula is C23H26N4O2. The second kappa shape index (κ2) is 9.19. The number of anilines is 3. The number of amides is 1. The highest BCUT2D eigenvalue weighted by Gasteiger charge is 2.14. The Morgan fingerprint density at radius 1 is 1.07 bits per heavy atom. The van der Waals surface area contributed by atoms with Gasteiger partial charge in [-0.2, -0.15) is 0 Å². The lowest BCUT2D eigenvalue weighted by Gasteiger charge is -2.14. The quantitative estimate of drug-likeness (QED) is 0.572. The van der Waals surface area contributed by atoms with Crippen LogP contribution in [0.15, 0.2) is 54.6 Å². The molecule has 3 aromatic rings. The first-order chi connectivity index (χ1) is 14.0. The van der Waals surface area contributed by atoms with Crippen molar-refractivity contribution in [3.05, 3.63) is 71.7 Å². The molecule has 0 spiro atoms.